The van der Waals surface area contributed by atoms with Gasteiger partial charge in [0.2, 0.25) is 0 Å². The smallest absolute Gasteiger partial charge is 0.369 e. The van der Waals surface area contributed by atoms with E-state index in [2.05, 4.69) is 4.99 Å². The van der Waals surface area contributed by atoms with Crippen molar-refractivity contribution in [3.63, 3.8) is 0 Å². The maximum Gasteiger partial charge on any atom is 0.369 e. The number of aliphatic hydroxyl groups is 1. The van der Waals surface area contributed by atoms with Crippen molar-refractivity contribution in [1.29, 1.82) is 0 Å². The molecule has 1 aliphatic rings. The van der Waals surface area contributed by atoms with E-state index in [0.717, 1.165) is 12.8 Å². The van der Waals surface area contributed by atoms with E-state index in [0.29, 0.717) is 12.3 Å². The van der Waals surface area contributed by atoms with Gasteiger partial charge in [-0.15, -0.1) is 0 Å². The Morgan fingerprint density at radius 3 is 2.19 bits per heavy atom. The monoisotopic (exact) mass is 344 g/mol. The Labute approximate surface area is 122 Å². The highest BCUT2D eigenvalue weighted by Crippen LogP contribution is 2.69. The van der Waals surface area contributed by atoms with Crippen molar-refractivity contribution < 1.29 is 33.8 Å². The Hall–Kier alpha value is -0.270. The third-order valence-corrected chi connectivity index (χ3v) is 7.65. The molecule has 0 saturated heterocycles. The van der Waals surface area contributed by atoms with Gasteiger partial charge in [-0.3, -0.25) is 14.1 Å². The number of hydrogen-bond acceptors (Lipinski definition) is 4. The highest BCUT2D eigenvalue weighted by atomic mass is 31.2. The summed E-state index contributed by atoms with van der Waals surface area (Å²) in [5, 5.41) is 6.49. The summed E-state index contributed by atoms with van der Waals surface area (Å²) in [6, 6.07) is -0.146. The first-order valence-electron chi connectivity index (χ1n) is 6.52. The zero-order chi connectivity index (χ0) is 16.5. The minimum atomic E-state index is -5.38. The molecule has 0 aromatic rings. The topological polar surface area (TPSA) is 174 Å². The summed E-state index contributed by atoms with van der Waals surface area (Å²) in [5.41, 5.74) is 5.51. The Morgan fingerprint density at radius 1 is 1.24 bits per heavy atom. The van der Waals surface area contributed by atoms with Crippen LogP contribution in [-0.2, 0) is 9.13 Å². The molecule has 0 amide bonds. The van der Waals surface area contributed by atoms with Crippen LogP contribution in [-0.4, -0.2) is 41.6 Å². The largest absolute Gasteiger partial charge is 0.388 e. The summed E-state index contributed by atoms with van der Waals surface area (Å²) in [6.45, 7) is 1.62. The van der Waals surface area contributed by atoms with Crippen molar-refractivity contribution in [2.24, 2.45) is 16.6 Å². The Kier molecular flexibility index (Phi) is 5.78. The molecule has 1 rings (SSSR count). The lowest BCUT2D eigenvalue weighted by Crippen LogP contribution is -2.30. The minimum Gasteiger partial charge on any atom is -0.388 e. The standard InChI is InChI=1S/C10H22N2O7P2/c1-7(11)12-9-4-2-3-8(9)5-6-10(13,20(14,15)16)21(17,18)19/h8-9,13H,2-6H2,1H3,(H2,11,12)(H2,14,15,16)(H2,17,18,19). The van der Waals surface area contributed by atoms with E-state index in [4.69, 9.17) is 25.3 Å². The van der Waals surface area contributed by atoms with Gasteiger partial charge in [0.25, 0.3) is 5.08 Å². The van der Waals surface area contributed by atoms with Gasteiger partial charge in [0.05, 0.1) is 11.9 Å². The lowest BCUT2D eigenvalue weighted by Gasteiger charge is -2.30. The third-order valence-electron chi connectivity index (χ3n) is 3.77. The van der Waals surface area contributed by atoms with Gasteiger partial charge in [-0.1, -0.05) is 6.42 Å². The molecule has 0 aliphatic heterocycles. The second-order valence-corrected chi connectivity index (χ2v) is 9.44. The first kappa shape index (κ1) is 18.8. The van der Waals surface area contributed by atoms with Crippen molar-refractivity contribution in [2.75, 3.05) is 0 Å². The van der Waals surface area contributed by atoms with Crippen LogP contribution in [0.1, 0.15) is 39.0 Å². The molecule has 2 unspecified atom stereocenters. The summed E-state index contributed by atoms with van der Waals surface area (Å²) >= 11 is 0. The van der Waals surface area contributed by atoms with E-state index in [1.165, 1.54) is 0 Å². The molecule has 0 aromatic heterocycles. The quantitative estimate of drug-likeness (QED) is 0.227. The molecule has 0 heterocycles. The van der Waals surface area contributed by atoms with Crippen molar-refractivity contribution in [2.45, 2.75) is 50.2 Å². The Balaban J connectivity index is 2.86. The van der Waals surface area contributed by atoms with Crippen molar-refractivity contribution in [3.05, 3.63) is 0 Å². The van der Waals surface area contributed by atoms with Crippen LogP contribution in [0.2, 0.25) is 0 Å². The molecule has 2 atom stereocenters. The normalized spacial score (nSPS) is 25.3. The van der Waals surface area contributed by atoms with Crippen LogP contribution in [0.15, 0.2) is 4.99 Å². The zero-order valence-corrected chi connectivity index (χ0v) is 13.5. The molecule has 0 spiro atoms. The highest BCUT2D eigenvalue weighted by molar-refractivity contribution is 7.72. The lowest BCUT2D eigenvalue weighted by atomic mass is 9.98. The summed E-state index contributed by atoms with van der Waals surface area (Å²) in [4.78, 5) is 40.5. The average Bonchev–Trinajstić information content (AvgIpc) is 2.69. The van der Waals surface area contributed by atoms with Gasteiger partial charge in [-0.2, -0.15) is 0 Å². The number of hydrogen-bond donors (Lipinski definition) is 6. The van der Waals surface area contributed by atoms with Crippen LogP contribution in [0.5, 0.6) is 0 Å². The van der Waals surface area contributed by atoms with Gasteiger partial charge < -0.3 is 30.4 Å². The predicted molar refractivity (Wildman–Crippen MR) is 76.7 cm³/mol. The number of amidine groups is 1. The molecule has 124 valence electrons. The van der Waals surface area contributed by atoms with Crippen LogP contribution >= 0.6 is 15.2 Å². The predicted octanol–water partition coefficient (Wildman–Crippen LogP) is 0.314. The fourth-order valence-corrected chi connectivity index (χ4v) is 4.82. The maximum absolute atomic E-state index is 11.3. The molecule has 11 heteroatoms. The molecular formula is C10H22N2O7P2. The van der Waals surface area contributed by atoms with E-state index in [-0.39, 0.29) is 18.4 Å². The maximum atomic E-state index is 11.3. The molecular weight excluding hydrogens is 322 g/mol. The summed E-state index contributed by atoms with van der Waals surface area (Å²) < 4.78 is 22.5. The van der Waals surface area contributed by atoms with E-state index < -0.39 is 26.7 Å². The fourth-order valence-electron chi connectivity index (χ4n) is 2.63. The molecule has 9 nitrogen and oxygen atoms in total. The lowest BCUT2D eigenvalue weighted by molar-refractivity contribution is 0.115. The zero-order valence-electron chi connectivity index (χ0n) is 11.7. The molecule has 7 N–H and O–H groups in total. The van der Waals surface area contributed by atoms with Crippen molar-refractivity contribution >= 4 is 21.0 Å². The molecule has 1 fully saturated rings. The van der Waals surface area contributed by atoms with E-state index in [1.54, 1.807) is 6.92 Å². The van der Waals surface area contributed by atoms with Crippen LogP contribution in [0.25, 0.3) is 0 Å². The average molecular weight is 344 g/mol. The summed E-state index contributed by atoms with van der Waals surface area (Å²) in [6.07, 6.45) is 1.66. The van der Waals surface area contributed by atoms with Gasteiger partial charge in [-0.05, 0) is 32.1 Å². The van der Waals surface area contributed by atoms with Crippen molar-refractivity contribution in [1.82, 2.24) is 0 Å². The first-order chi connectivity index (χ1) is 9.38. The van der Waals surface area contributed by atoms with Gasteiger partial charge in [0.15, 0.2) is 0 Å². The molecule has 0 radical (unpaired) electrons. The van der Waals surface area contributed by atoms with Crippen LogP contribution in [0.4, 0.5) is 0 Å². The molecule has 21 heavy (non-hydrogen) atoms. The van der Waals surface area contributed by atoms with E-state index in [9.17, 15) is 14.2 Å². The van der Waals surface area contributed by atoms with Crippen LogP contribution < -0.4 is 5.73 Å². The highest BCUT2D eigenvalue weighted by Gasteiger charge is 2.59. The summed E-state index contributed by atoms with van der Waals surface area (Å²) in [5.74, 6) is 0.264. The number of nitrogens with two attached hydrogens (primary N) is 1. The first-order valence-corrected chi connectivity index (χ1v) is 9.74. The van der Waals surface area contributed by atoms with Gasteiger partial charge in [0, 0.05) is 6.42 Å². The number of nitrogens with zero attached hydrogens (tertiary/aromatic N) is 1. The molecule has 1 aliphatic carbocycles. The Bertz CT molecular complexity index is 472. The second-order valence-electron chi connectivity index (χ2n) is 5.43. The third kappa shape index (κ3) is 4.36. The second kappa shape index (κ2) is 6.46. The molecule has 0 aromatic carbocycles. The van der Waals surface area contributed by atoms with Gasteiger partial charge in [-0.25, -0.2) is 0 Å². The van der Waals surface area contributed by atoms with E-state index >= 15 is 0 Å². The fraction of sp³-hybridized carbons (Fsp3) is 0.900. The Morgan fingerprint density at radius 2 is 1.76 bits per heavy atom. The number of aliphatic imine (C=N–C) groups is 1. The van der Waals surface area contributed by atoms with Gasteiger partial charge in [0.1, 0.15) is 0 Å². The van der Waals surface area contributed by atoms with Crippen LogP contribution in [0, 0.1) is 5.92 Å². The van der Waals surface area contributed by atoms with Gasteiger partial charge >= 0.3 is 15.2 Å². The minimum absolute atomic E-state index is 0.0498. The van der Waals surface area contributed by atoms with Crippen LogP contribution in [0.3, 0.4) is 0 Å². The number of rotatable bonds is 6. The summed E-state index contributed by atoms with van der Waals surface area (Å²) in [7, 11) is -10.8. The van der Waals surface area contributed by atoms with E-state index in [1.807, 2.05) is 0 Å². The molecule has 1 saturated carbocycles. The van der Waals surface area contributed by atoms with Crippen molar-refractivity contribution in [3.8, 4) is 0 Å². The SMILES string of the molecule is CC(N)=NC1CCCC1CCC(O)(P(=O)(O)O)P(=O)(O)O. The molecule has 0 bridgehead atoms.